The first-order valence-electron chi connectivity index (χ1n) is 6.38. The highest BCUT2D eigenvalue weighted by Crippen LogP contribution is 2.27. The van der Waals surface area contributed by atoms with Crippen LogP contribution in [0.5, 0.6) is 0 Å². The van der Waals surface area contributed by atoms with E-state index in [2.05, 4.69) is 4.98 Å². The number of halogens is 2. The summed E-state index contributed by atoms with van der Waals surface area (Å²) in [5, 5.41) is 0. The number of imidazole rings is 1. The molecule has 3 aromatic rings. The second kappa shape index (κ2) is 4.73. The molecular formula is C15H14F2N4. The van der Waals surface area contributed by atoms with Gasteiger partial charge in [0.25, 0.3) is 0 Å². The Morgan fingerprint density at radius 3 is 2.33 bits per heavy atom. The van der Waals surface area contributed by atoms with Gasteiger partial charge in [0, 0.05) is 25.5 Å². The van der Waals surface area contributed by atoms with Crippen molar-refractivity contribution in [3.63, 3.8) is 0 Å². The summed E-state index contributed by atoms with van der Waals surface area (Å²) in [4.78, 5) is 6.02. The number of hydrogen-bond acceptors (Lipinski definition) is 3. The van der Waals surface area contributed by atoms with Gasteiger partial charge in [-0.3, -0.25) is 4.57 Å². The number of fused-ring (bicyclic) bond motifs is 1. The minimum Gasteiger partial charge on any atom is -0.378 e. The number of benzene rings is 2. The van der Waals surface area contributed by atoms with Crippen LogP contribution in [0.15, 0.2) is 36.4 Å². The van der Waals surface area contributed by atoms with Crippen molar-refractivity contribution in [3.8, 4) is 5.69 Å². The van der Waals surface area contributed by atoms with Crippen LogP contribution in [-0.4, -0.2) is 23.6 Å². The number of nitrogens with two attached hydrogens (primary N) is 1. The van der Waals surface area contributed by atoms with Gasteiger partial charge in [-0.1, -0.05) is 0 Å². The van der Waals surface area contributed by atoms with Crippen molar-refractivity contribution in [3.05, 3.63) is 48.0 Å². The second-order valence-corrected chi connectivity index (χ2v) is 4.95. The lowest BCUT2D eigenvalue weighted by Crippen LogP contribution is -2.08. The zero-order chi connectivity index (χ0) is 15.1. The van der Waals surface area contributed by atoms with Gasteiger partial charge >= 0.3 is 0 Å². The molecule has 0 saturated heterocycles. The molecule has 0 fully saturated rings. The van der Waals surface area contributed by atoms with E-state index >= 15 is 0 Å². The topological polar surface area (TPSA) is 47.1 Å². The van der Waals surface area contributed by atoms with E-state index < -0.39 is 11.6 Å². The summed E-state index contributed by atoms with van der Waals surface area (Å²) in [5.74, 6) is -1.76. The molecule has 3 rings (SSSR count). The first kappa shape index (κ1) is 13.4. The fourth-order valence-corrected chi connectivity index (χ4v) is 2.28. The summed E-state index contributed by atoms with van der Waals surface area (Å²) in [7, 11) is 3.84. The van der Waals surface area contributed by atoms with E-state index in [0.717, 1.165) is 11.8 Å². The third-order valence-corrected chi connectivity index (χ3v) is 3.36. The third-order valence-electron chi connectivity index (χ3n) is 3.36. The lowest BCUT2D eigenvalue weighted by molar-refractivity contribution is 0.514. The molecule has 0 spiro atoms. The summed E-state index contributed by atoms with van der Waals surface area (Å²) >= 11 is 0. The van der Waals surface area contributed by atoms with Gasteiger partial charge in [0.1, 0.15) is 5.52 Å². The van der Waals surface area contributed by atoms with E-state index in [4.69, 9.17) is 5.73 Å². The lowest BCUT2D eigenvalue weighted by Gasteiger charge is -2.13. The first-order valence-corrected chi connectivity index (χ1v) is 6.38. The SMILES string of the molecule is CN(C)c1ccc(-n2c(N)nc3ccc(F)c(F)c32)cc1. The largest absolute Gasteiger partial charge is 0.378 e. The van der Waals surface area contributed by atoms with Crippen molar-refractivity contribution in [1.82, 2.24) is 9.55 Å². The van der Waals surface area contributed by atoms with E-state index in [1.807, 2.05) is 31.1 Å². The maximum atomic E-state index is 14.1. The Morgan fingerprint density at radius 2 is 1.71 bits per heavy atom. The van der Waals surface area contributed by atoms with E-state index in [0.29, 0.717) is 11.2 Å². The maximum Gasteiger partial charge on any atom is 0.206 e. The van der Waals surface area contributed by atoms with Crippen molar-refractivity contribution >= 4 is 22.7 Å². The van der Waals surface area contributed by atoms with Crippen LogP contribution in [0.3, 0.4) is 0 Å². The highest BCUT2D eigenvalue weighted by molar-refractivity contribution is 5.81. The average molecular weight is 288 g/mol. The molecule has 2 N–H and O–H groups in total. The smallest absolute Gasteiger partial charge is 0.206 e. The second-order valence-electron chi connectivity index (χ2n) is 4.95. The third kappa shape index (κ3) is 2.08. The number of nitrogen functional groups attached to an aromatic ring is 1. The fourth-order valence-electron chi connectivity index (χ4n) is 2.28. The molecule has 0 saturated carbocycles. The van der Waals surface area contributed by atoms with Gasteiger partial charge in [-0.2, -0.15) is 0 Å². The molecule has 0 aliphatic carbocycles. The first-order chi connectivity index (χ1) is 9.99. The van der Waals surface area contributed by atoms with Crippen LogP contribution in [0.2, 0.25) is 0 Å². The molecule has 108 valence electrons. The van der Waals surface area contributed by atoms with Gasteiger partial charge in [0.15, 0.2) is 11.6 Å². The van der Waals surface area contributed by atoms with Gasteiger partial charge in [-0.25, -0.2) is 13.8 Å². The number of rotatable bonds is 2. The van der Waals surface area contributed by atoms with E-state index in [9.17, 15) is 8.78 Å². The van der Waals surface area contributed by atoms with Gasteiger partial charge < -0.3 is 10.6 Å². The van der Waals surface area contributed by atoms with E-state index in [1.165, 1.54) is 10.6 Å². The Hall–Kier alpha value is -2.63. The molecule has 0 atom stereocenters. The molecule has 2 aromatic carbocycles. The van der Waals surface area contributed by atoms with Gasteiger partial charge in [-0.05, 0) is 36.4 Å². The van der Waals surface area contributed by atoms with Gasteiger partial charge in [0.2, 0.25) is 5.95 Å². The lowest BCUT2D eigenvalue weighted by atomic mass is 10.2. The van der Waals surface area contributed by atoms with Crippen LogP contribution in [-0.2, 0) is 0 Å². The fraction of sp³-hybridized carbons (Fsp3) is 0.133. The number of hydrogen-bond donors (Lipinski definition) is 1. The van der Waals surface area contributed by atoms with Crippen molar-refractivity contribution < 1.29 is 8.78 Å². The van der Waals surface area contributed by atoms with Gasteiger partial charge in [-0.15, -0.1) is 0 Å². The molecular weight excluding hydrogens is 274 g/mol. The van der Waals surface area contributed by atoms with E-state index in [1.54, 1.807) is 12.1 Å². The van der Waals surface area contributed by atoms with Crippen LogP contribution < -0.4 is 10.6 Å². The molecule has 1 aromatic heterocycles. The molecule has 4 nitrogen and oxygen atoms in total. The summed E-state index contributed by atoms with van der Waals surface area (Å²) < 4.78 is 28.9. The quantitative estimate of drug-likeness (QED) is 0.788. The zero-order valence-electron chi connectivity index (χ0n) is 11.6. The normalized spacial score (nSPS) is 11.0. The molecule has 0 radical (unpaired) electrons. The number of aromatic nitrogens is 2. The van der Waals surface area contributed by atoms with Crippen molar-refractivity contribution in [1.29, 1.82) is 0 Å². The Kier molecular flexibility index (Phi) is 3.01. The minimum atomic E-state index is -0.951. The molecule has 0 unspecified atom stereocenters. The van der Waals surface area contributed by atoms with Crippen molar-refractivity contribution in [2.45, 2.75) is 0 Å². The Balaban J connectivity index is 2.24. The molecule has 0 amide bonds. The molecule has 0 aliphatic rings. The summed E-state index contributed by atoms with van der Waals surface area (Å²) in [6.45, 7) is 0. The van der Waals surface area contributed by atoms with Crippen LogP contribution in [0.4, 0.5) is 20.4 Å². The monoisotopic (exact) mass is 288 g/mol. The van der Waals surface area contributed by atoms with Gasteiger partial charge in [0.05, 0.1) is 5.52 Å². The average Bonchev–Trinajstić information content (AvgIpc) is 2.80. The summed E-state index contributed by atoms with van der Waals surface area (Å²) in [6.07, 6.45) is 0. The molecule has 21 heavy (non-hydrogen) atoms. The number of anilines is 2. The summed E-state index contributed by atoms with van der Waals surface area (Å²) in [5.41, 5.74) is 7.85. The van der Waals surface area contributed by atoms with Crippen LogP contribution in [0.25, 0.3) is 16.7 Å². The molecule has 1 heterocycles. The zero-order valence-corrected chi connectivity index (χ0v) is 11.6. The van der Waals surface area contributed by atoms with Crippen molar-refractivity contribution in [2.75, 3.05) is 24.7 Å². The predicted octanol–water partition coefficient (Wildman–Crippen LogP) is 2.95. The summed E-state index contributed by atoms with van der Waals surface area (Å²) in [6, 6.07) is 9.78. The predicted molar refractivity (Wildman–Crippen MR) is 79.7 cm³/mol. The Labute approximate surface area is 120 Å². The van der Waals surface area contributed by atoms with Crippen LogP contribution in [0.1, 0.15) is 0 Å². The van der Waals surface area contributed by atoms with E-state index in [-0.39, 0.29) is 11.5 Å². The van der Waals surface area contributed by atoms with Crippen LogP contribution in [0, 0.1) is 11.6 Å². The Morgan fingerprint density at radius 1 is 1.05 bits per heavy atom. The number of nitrogens with zero attached hydrogens (tertiary/aromatic N) is 3. The highest BCUT2D eigenvalue weighted by atomic mass is 19.2. The van der Waals surface area contributed by atoms with Crippen molar-refractivity contribution in [2.24, 2.45) is 0 Å². The molecule has 6 heteroatoms. The van der Waals surface area contributed by atoms with Crippen LogP contribution >= 0.6 is 0 Å². The highest BCUT2D eigenvalue weighted by Gasteiger charge is 2.17. The Bertz CT molecular complexity index is 807. The maximum absolute atomic E-state index is 14.1. The standard InChI is InChI=1S/C15H14F2N4/c1-20(2)9-3-5-10(6-4-9)21-14-12(19-15(21)18)8-7-11(16)13(14)17/h3-8H,1-2H3,(H2,18,19). The minimum absolute atomic E-state index is 0.0464. The molecule has 0 aliphatic heterocycles. The molecule has 0 bridgehead atoms.